The number of hydrogen-bond acceptors (Lipinski definition) is 3. The zero-order valence-corrected chi connectivity index (χ0v) is 20.0. The van der Waals surface area contributed by atoms with Crippen LogP contribution in [0.25, 0.3) is 0 Å². The smallest absolute Gasteiger partial charge is 0.225 e. The number of amides is 1. The van der Waals surface area contributed by atoms with E-state index < -0.39 is 0 Å². The quantitative estimate of drug-likeness (QED) is 0.249. The minimum Gasteiger partial charge on any atom is -0.372 e. The van der Waals surface area contributed by atoms with Gasteiger partial charge in [-0.15, -0.1) is 24.0 Å². The number of halogens is 1. The van der Waals surface area contributed by atoms with Gasteiger partial charge in [0, 0.05) is 57.4 Å². The highest BCUT2D eigenvalue weighted by Gasteiger charge is 2.27. The first-order valence-corrected chi connectivity index (χ1v) is 10.1. The zero-order valence-electron chi connectivity index (χ0n) is 17.6. The van der Waals surface area contributed by atoms with Gasteiger partial charge in [-0.25, -0.2) is 0 Å². The Bertz CT molecular complexity index is 608. The number of nitrogens with zero attached hydrogens (tertiary/aromatic N) is 3. The SMILES string of the molecule is CCN(CCCNC(=NC)NC1CCN(C(=O)C(C)C)C1)c1ccccc1.I. The number of guanidine groups is 1. The summed E-state index contributed by atoms with van der Waals surface area (Å²) in [7, 11) is 1.80. The van der Waals surface area contributed by atoms with E-state index in [1.807, 2.05) is 24.8 Å². The van der Waals surface area contributed by atoms with Crippen LogP contribution in [0.4, 0.5) is 5.69 Å². The van der Waals surface area contributed by atoms with Crippen molar-refractivity contribution in [1.29, 1.82) is 0 Å². The van der Waals surface area contributed by atoms with Gasteiger partial charge in [-0.3, -0.25) is 9.79 Å². The van der Waals surface area contributed by atoms with Crippen molar-refractivity contribution in [3.63, 3.8) is 0 Å². The first-order valence-electron chi connectivity index (χ1n) is 10.1. The van der Waals surface area contributed by atoms with Gasteiger partial charge < -0.3 is 20.4 Å². The highest BCUT2D eigenvalue weighted by atomic mass is 127. The lowest BCUT2D eigenvalue weighted by molar-refractivity contribution is -0.133. The number of hydrogen-bond donors (Lipinski definition) is 2. The number of benzene rings is 1. The standard InChI is InChI=1S/C21H35N5O.HI/c1-5-25(19-10-7-6-8-11-19)14-9-13-23-21(22-4)24-18-12-15-26(16-18)20(27)17(2)3;/h6-8,10-11,17-18H,5,9,12-16H2,1-4H3,(H2,22,23,24);1H. The summed E-state index contributed by atoms with van der Waals surface area (Å²) in [5, 5.41) is 6.86. The predicted octanol–water partition coefficient (Wildman–Crippen LogP) is 2.94. The van der Waals surface area contributed by atoms with E-state index in [-0.39, 0.29) is 41.8 Å². The van der Waals surface area contributed by atoms with E-state index in [0.717, 1.165) is 51.5 Å². The molecule has 1 aromatic carbocycles. The number of carbonyl (C=O) groups is 1. The molecule has 0 saturated carbocycles. The monoisotopic (exact) mass is 501 g/mol. The number of carbonyl (C=O) groups excluding carboxylic acids is 1. The summed E-state index contributed by atoms with van der Waals surface area (Å²) >= 11 is 0. The number of likely N-dealkylation sites (tertiary alicyclic amines) is 1. The molecular formula is C21H36IN5O. The molecule has 1 unspecified atom stereocenters. The number of nitrogens with one attached hydrogen (secondary N) is 2. The fourth-order valence-electron chi connectivity index (χ4n) is 3.42. The van der Waals surface area contributed by atoms with E-state index in [0.29, 0.717) is 0 Å². The van der Waals surface area contributed by atoms with Gasteiger partial charge in [0.25, 0.3) is 0 Å². The first-order chi connectivity index (χ1) is 13.0. The van der Waals surface area contributed by atoms with Crippen molar-refractivity contribution in [2.45, 2.75) is 39.7 Å². The molecule has 0 aliphatic carbocycles. The van der Waals surface area contributed by atoms with E-state index in [2.05, 4.69) is 51.7 Å². The van der Waals surface area contributed by atoms with Gasteiger partial charge in [-0.2, -0.15) is 0 Å². The number of rotatable bonds is 8. The van der Waals surface area contributed by atoms with Crippen molar-refractivity contribution < 1.29 is 4.79 Å². The molecule has 1 aliphatic rings. The van der Waals surface area contributed by atoms with Crippen molar-refractivity contribution in [2.75, 3.05) is 44.7 Å². The minimum absolute atomic E-state index is 0. The molecule has 0 aromatic heterocycles. The molecule has 0 radical (unpaired) electrons. The van der Waals surface area contributed by atoms with Crippen LogP contribution in [0.15, 0.2) is 35.3 Å². The van der Waals surface area contributed by atoms with Gasteiger partial charge in [-0.1, -0.05) is 32.0 Å². The summed E-state index contributed by atoms with van der Waals surface area (Å²) in [6.45, 7) is 10.6. The molecule has 1 atom stereocenters. The fourth-order valence-corrected chi connectivity index (χ4v) is 3.42. The summed E-state index contributed by atoms with van der Waals surface area (Å²) in [4.78, 5) is 20.8. The topological polar surface area (TPSA) is 60.0 Å². The Kier molecular flexibility index (Phi) is 11.3. The maximum atomic E-state index is 12.1. The summed E-state index contributed by atoms with van der Waals surface area (Å²) in [5.74, 6) is 1.12. The molecule has 1 fully saturated rings. The number of anilines is 1. The molecule has 1 aromatic rings. The van der Waals surface area contributed by atoms with E-state index in [4.69, 9.17) is 0 Å². The van der Waals surface area contributed by atoms with Gasteiger partial charge in [-0.05, 0) is 31.9 Å². The Balaban J connectivity index is 0.00000392. The largest absolute Gasteiger partial charge is 0.372 e. The third-order valence-corrected chi connectivity index (χ3v) is 4.96. The predicted molar refractivity (Wildman–Crippen MR) is 129 cm³/mol. The van der Waals surface area contributed by atoms with Crippen molar-refractivity contribution in [3.8, 4) is 0 Å². The Morgan fingerprint density at radius 3 is 2.64 bits per heavy atom. The second kappa shape index (κ2) is 12.9. The van der Waals surface area contributed by atoms with Crippen LogP contribution in [-0.4, -0.2) is 62.6 Å². The summed E-state index contributed by atoms with van der Waals surface area (Å²) in [6, 6.07) is 10.8. The Morgan fingerprint density at radius 2 is 2.04 bits per heavy atom. The van der Waals surface area contributed by atoms with Crippen molar-refractivity contribution in [1.82, 2.24) is 15.5 Å². The van der Waals surface area contributed by atoms with Gasteiger partial charge >= 0.3 is 0 Å². The summed E-state index contributed by atoms with van der Waals surface area (Å²) < 4.78 is 0. The normalized spacial score (nSPS) is 16.7. The van der Waals surface area contributed by atoms with Crippen LogP contribution < -0.4 is 15.5 Å². The van der Waals surface area contributed by atoms with Crippen LogP contribution in [0.3, 0.4) is 0 Å². The van der Waals surface area contributed by atoms with E-state index in [1.165, 1.54) is 5.69 Å². The van der Waals surface area contributed by atoms with Gasteiger partial charge in [0.2, 0.25) is 5.91 Å². The van der Waals surface area contributed by atoms with Crippen molar-refractivity contribution in [3.05, 3.63) is 30.3 Å². The van der Waals surface area contributed by atoms with Gasteiger partial charge in [0.05, 0.1) is 0 Å². The summed E-state index contributed by atoms with van der Waals surface area (Å²) in [5.41, 5.74) is 1.27. The van der Waals surface area contributed by atoms with Gasteiger partial charge in [0.15, 0.2) is 5.96 Å². The fraction of sp³-hybridized carbons (Fsp3) is 0.619. The van der Waals surface area contributed by atoms with Crippen LogP contribution in [0, 0.1) is 5.92 Å². The summed E-state index contributed by atoms with van der Waals surface area (Å²) in [6.07, 6.45) is 2.00. The van der Waals surface area contributed by atoms with Crippen LogP contribution in [0.1, 0.15) is 33.6 Å². The average molecular weight is 501 g/mol. The van der Waals surface area contributed by atoms with E-state index in [9.17, 15) is 4.79 Å². The third kappa shape index (κ3) is 7.48. The molecule has 6 nitrogen and oxygen atoms in total. The average Bonchev–Trinajstić information content (AvgIpc) is 3.15. The molecule has 2 N–H and O–H groups in total. The lowest BCUT2D eigenvalue weighted by Crippen LogP contribution is -2.45. The molecule has 28 heavy (non-hydrogen) atoms. The first kappa shape index (κ1) is 24.5. The molecule has 0 spiro atoms. The molecule has 0 bridgehead atoms. The molecule has 1 saturated heterocycles. The molecule has 1 amide bonds. The van der Waals surface area contributed by atoms with Gasteiger partial charge in [0.1, 0.15) is 0 Å². The molecule has 158 valence electrons. The number of para-hydroxylation sites is 1. The lowest BCUT2D eigenvalue weighted by atomic mass is 10.2. The van der Waals surface area contributed by atoms with Crippen LogP contribution in [0.5, 0.6) is 0 Å². The van der Waals surface area contributed by atoms with E-state index >= 15 is 0 Å². The molecular weight excluding hydrogens is 465 g/mol. The lowest BCUT2D eigenvalue weighted by Gasteiger charge is -2.24. The Morgan fingerprint density at radius 1 is 1.32 bits per heavy atom. The third-order valence-electron chi connectivity index (χ3n) is 4.96. The van der Waals surface area contributed by atoms with Crippen molar-refractivity contribution >= 4 is 41.5 Å². The highest BCUT2D eigenvalue weighted by Crippen LogP contribution is 2.13. The Hall–Kier alpha value is -1.51. The second-order valence-corrected chi connectivity index (χ2v) is 7.34. The molecule has 7 heteroatoms. The Labute approximate surface area is 187 Å². The highest BCUT2D eigenvalue weighted by molar-refractivity contribution is 14.0. The number of aliphatic imine (C=N–C) groups is 1. The maximum Gasteiger partial charge on any atom is 0.225 e. The molecule has 2 rings (SSSR count). The molecule has 1 heterocycles. The van der Waals surface area contributed by atoms with Crippen LogP contribution >= 0.6 is 24.0 Å². The zero-order chi connectivity index (χ0) is 19.6. The van der Waals surface area contributed by atoms with Crippen LogP contribution in [-0.2, 0) is 4.79 Å². The second-order valence-electron chi connectivity index (χ2n) is 7.34. The van der Waals surface area contributed by atoms with Crippen molar-refractivity contribution in [2.24, 2.45) is 10.9 Å². The minimum atomic E-state index is 0. The van der Waals surface area contributed by atoms with Crippen LogP contribution in [0.2, 0.25) is 0 Å². The van der Waals surface area contributed by atoms with E-state index in [1.54, 1.807) is 7.05 Å². The molecule has 1 aliphatic heterocycles. The maximum absolute atomic E-state index is 12.1.